The number of benzene rings is 1. The monoisotopic (exact) mass is 301 g/mol. The Bertz CT molecular complexity index is 682. The van der Waals surface area contributed by atoms with Crippen molar-refractivity contribution < 1.29 is 9.32 Å². The molecule has 0 radical (unpaired) electrons. The molecule has 1 aromatic heterocycles. The summed E-state index contributed by atoms with van der Waals surface area (Å²) in [5.74, 6) is 1.01. The summed E-state index contributed by atoms with van der Waals surface area (Å²) in [5, 5.41) is 6.85. The predicted octanol–water partition coefficient (Wildman–Crippen LogP) is 1.44. The molecule has 22 heavy (non-hydrogen) atoms. The van der Waals surface area contributed by atoms with Crippen LogP contribution in [-0.2, 0) is 24.3 Å². The second kappa shape index (κ2) is 6.15. The zero-order chi connectivity index (χ0) is 15.5. The lowest BCUT2D eigenvalue weighted by molar-refractivity contribution is -0.114. The molecule has 0 bridgehead atoms. The predicted molar refractivity (Wildman–Crippen MR) is 82.3 cm³/mol. The molecular weight excluding hydrogens is 282 g/mol. The van der Waals surface area contributed by atoms with Crippen molar-refractivity contribution >= 4 is 17.3 Å². The Morgan fingerprint density at radius 3 is 3.09 bits per heavy atom. The fraction of sp³-hybridized carbons (Fsp3) is 0.400. The Hall–Kier alpha value is -2.41. The van der Waals surface area contributed by atoms with E-state index in [4.69, 9.17) is 10.3 Å². The first-order chi connectivity index (χ1) is 10.7. The number of nitrogens with two attached hydrogens (primary N) is 1. The standard InChI is InChI=1S/C15H19N5O2/c1-10(21)17-12-5-2-6-13-11(12)4-3-7-20(13)9-14-18-15(8-16)22-19-14/h2,5-6H,3-4,7-9,16H2,1H3,(H,17,21). The number of amides is 1. The van der Waals surface area contributed by atoms with E-state index in [-0.39, 0.29) is 12.5 Å². The second-order valence-corrected chi connectivity index (χ2v) is 5.32. The molecule has 0 saturated heterocycles. The summed E-state index contributed by atoms with van der Waals surface area (Å²) in [4.78, 5) is 17.8. The van der Waals surface area contributed by atoms with E-state index in [1.165, 1.54) is 6.92 Å². The number of nitrogens with zero attached hydrogens (tertiary/aromatic N) is 3. The van der Waals surface area contributed by atoms with Gasteiger partial charge in [0, 0.05) is 24.8 Å². The van der Waals surface area contributed by atoms with Crippen LogP contribution in [0.1, 0.15) is 30.6 Å². The fourth-order valence-electron chi connectivity index (χ4n) is 2.78. The number of anilines is 2. The van der Waals surface area contributed by atoms with E-state index < -0.39 is 0 Å². The second-order valence-electron chi connectivity index (χ2n) is 5.32. The van der Waals surface area contributed by atoms with Gasteiger partial charge in [-0.3, -0.25) is 4.79 Å². The Morgan fingerprint density at radius 1 is 1.50 bits per heavy atom. The summed E-state index contributed by atoms with van der Waals surface area (Å²) in [6.07, 6.45) is 1.97. The Kier molecular flexibility index (Phi) is 4.06. The molecule has 3 rings (SSSR count). The zero-order valence-corrected chi connectivity index (χ0v) is 12.5. The van der Waals surface area contributed by atoms with Crippen LogP contribution in [0.5, 0.6) is 0 Å². The molecule has 116 valence electrons. The molecule has 0 atom stereocenters. The number of fused-ring (bicyclic) bond motifs is 1. The van der Waals surface area contributed by atoms with E-state index >= 15 is 0 Å². The molecule has 0 aliphatic carbocycles. The molecule has 0 unspecified atom stereocenters. The summed E-state index contributed by atoms with van der Waals surface area (Å²) in [5.41, 5.74) is 8.64. The first-order valence-corrected chi connectivity index (χ1v) is 7.33. The van der Waals surface area contributed by atoms with E-state index in [9.17, 15) is 4.79 Å². The van der Waals surface area contributed by atoms with E-state index in [2.05, 4.69) is 26.4 Å². The minimum absolute atomic E-state index is 0.0590. The highest BCUT2D eigenvalue weighted by atomic mass is 16.5. The van der Waals surface area contributed by atoms with Crippen LogP contribution in [0.25, 0.3) is 0 Å². The molecule has 3 N–H and O–H groups in total. The van der Waals surface area contributed by atoms with E-state index in [1.54, 1.807) is 0 Å². The number of carbonyl (C=O) groups is 1. The smallest absolute Gasteiger partial charge is 0.240 e. The maximum atomic E-state index is 11.3. The highest BCUT2D eigenvalue weighted by Crippen LogP contribution is 2.33. The largest absolute Gasteiger partial charge is 0.364 e. The first-order valence-electron chi connectivity index (χ1n) is 7.33. The minimum Gasteiger partial charge on any atom is -0.364 e. The van der Waals surface area contributed by atoms with Crippen molar-refractivity contribution in [2.75, 3.05) is 16.8 Å². The van der Waals surface area contributed by atoms with Gasteiger partial charge in [-0.15, -0.1) is 0 Å². The van der Waals surface area contributed by atoms with Gasteiger partial charge in [0.15, 0.2) is 5.82 Å². The number of hydrogen-bond donors (Lipinski definition) is 2. The van der Waals surface area contributed by atoms with Crippen molar-refractivity contribution in [1.82, 2.24) is 10.1 Å². The van der Waals surface area contributed by atoms with Gasteiger partial charge >= 0.3 is 0 Å². The van der Waals surface area contributed by atoms with Crippen molar-refractivity contribution in [3.05, 3.63) is 35.5 Å². The van der Waals surface area contributed by atoms with Gasteiger partial charge in [-0.25, -0.2) is 0 Å². The van der Waals surface area contributed by atoms with Crippen LogP contribution < -0.4 is 16.0 Å². The summed E-state index contributed by atoms with van der Waals surface area (Å²) >= 11 is 0. The Labute approximate surface area is 128 Å². The topological polar surface area (TPSA) is 97.3 Å². The summed E-state index contributed by atoms with van der Waals surface area (Å²) in [6.45, 7) is 3.26. The van der Waals surface area contributed by atoms with Gasteiger partial charge in [0.25, 0.3) is 0 Å². The molecule has 7 heteroatoms. The van der Waals surface area contributed by atoms with Crippen LogP contribution in [0.15, 0.2) is 22.7 Å². The third-order valence-corrected chi connectivity index (χ3v) is 3.67. The summed E-state index contributed by atoms with van der Waals surface area (Å²) < 4.78 is 5.05. The fourth-order valence-corrected chi connectivity index (χ4v) is 2.78. The molecule has 2 heterocycles. The van der Waals surface area contributed by atoms with Gasteiger partial charge < -0.3 is 20.5 Å². The van der Waals surface area contributed by atoms with Crippen molar-refractivity contribution in [3.8, 4) is 0 Å². The average Bonchev–Trinajstić information content (AvgIpc) is 2.95. The number of rotatable bonds is 4. The van der Waals surface area contributed by atoms with Gasteiger partial charge in [0.1, 0.15) is 0 Å². The molecule has 0 fully saturated rings. The maximum Gasteiger partial charge on any atom is 0.240 e. The highest BCUT2D eigenvalue weighted by Gasteiger charge is 2.21. The van der Waals surface area contributed by atoms with Crippen LogP contribution in [0.2, 0.25) is 0 Å². The molecule has 0 spiro atoms. The molecule has 0 saturated carbocycles. The quantitative estimate of drug-likeness (QED) is 0.887. The summed E-state index contributed by atoms with van der Waals surface area (Å²) in [7, 11) is 0. The number of nitrogens with one attached hydrogen (secondary N) is 1. The third kappa shape index (κ3) is 2.94. The molecule has 2 aromatic rings. The summed E-state index contributed by atoms with van der Waals surface area (Å²) in [6, 6.07) is 5.94. The highest BCUT2D eigenvalue weighted by molar-refractivity contribution is 5.90. The molecular formula is C15H19N5O2. The lowest BCUT2D eigenvalue weighted by Crippen LogP contribution is -2.30. The Balaban J connectivity index is 1.86. The SMILES string of the molecule is CC(=O)Nc1cccc2c1CCCN2Cc1noc(CN)n1. The Morgan fingerprint density at radius 2 is 2.36 bits per heavy atom. The van der Waals surface area contributed by atoms with Gasteiger partial charge in [-0.1, -0.05) is 11.2 Å². The van der Waals surface area contributed by atoms with E-state index in [0.29, 0.717) is 18.3 Å². The van der Waals surface area contributed by atoms with Crippen molar-refractivity contribution in [3.63, 3.8) is 0 Å². The van der Waals surface area contributed by atoms with Gasteiger partial charge in [0.2, 0.25) is 11.8 Å². The molecule has 1 aromatic carbocycles. The minimum atomic E-state index is -0.0590. The molecule has 1 aliphatic heterocycles. The van der Waals surface area contributed by atoms with Gasteiger partial charge in [0.05, 0.1) is 13.1 Å². The van der Waals surface area contributed by atoms with Crippen molar-refractivity contribution in [2.45, 2.75) is 32.9 Å². The zero-order valence-electron chi connectivity index (χ0n) is 12.5. The van der Waals surface area contributed by atoms with Crippen molar-refractivity contribution in [1.29, 1.82) is 0 Å². The lowest BCUT2D eigenvalue weighted by atomic mass is 9.99. The van der Waals surface area contributed by atoms with Crippen LogP contribution in [-0.4, -0.2) is 22.6 Å². The number of aromatic nitrogens is 2. The van der Waals surface area contributed by atoms with Gasteiger partial charge in [-0.05, 0) is 30.5 Å². The van der Waals surface area contributed by atoms with Crippen LogP contribution in [0, 0.1) is 0 Å². The van der Waals surface area contributed by atoms with Crippen LogP contribution in [0.4, 0.5) is 11.4 Å². The number of carbonyl (C=O) groups excluding carboxylic acids is 1. The number of hydrogen-bond acceptors (Lipinski definition) is 6. The first kappa shape index (κ1) is 14.5. The van der Waals surface area contributed by atoms with Crippen LogP contribution in [0.3, 0.4) is 0 Å². The van der Waals surface area contributed by atoms with E-state index in [1.807, 2.05) is 12.1 Å². The van der Waals surface area contributed by atoms with Crippen LogP contribution >= 0.6 is 0 Å². The van der Waals surface area contributed by atoms with Crippen molar-refractivity contribution in [2.24, 2.45) is 5.73 Å². The molecule has 1 aliphatic rings. The lowest BCUT2D eigenvalue weighted by Gasteiger charge is -2.31. The normalized spacial score (nSPS) is 13.8. The van der Waals surface area contributed by atoms with E-state index in [0.717, 1.165) is 36.3 Å². The molecule has 7 nitrogen and oxygen atoms in total. The average molecular weight is 301 g/mol. The maximum absolute atomic E-state index is 11.3. The molecule has 1 amide bonds. The van der Waals surface area contributed by atoms with Gasteiger partial charge in [-0.2, -0.15) is 4.98 Å². The third-order valence-electron chi connectivity index (χ3n) is 3.67.